The molecule has 0 heterocycles. The first-order valence-electron chi connectivity index (χ1n) is 4.64. The first kappa shape index (κ1) is 13.4. The number of aliphatic hydroxyl groups excluding tert-OH is 1. The molecule has 0 aromatic rings. The Kier molecular flexibility index (Phi) is 6.13. The Hall–Kier alpha value is -1.55. The van der Waals surface area contributed by atoms with E-state index in [1.54, 1.807) is 25.2 Å². The highest BCUT2D eigenvalue weighted by Crippen LogP contribution is 2.05. The van der Waals surface area contributed by atoms with Crippen LogP contribution in [0, 0.1) is 0 Å². The fourth-order valence-corrected chi connectivity index (χ4v) is 0.902. The third-order valence-electron chi connectivity index (χ3n) is 1.81. The highest BCUT2D eigenvalue weighted by atomic mass is 16.4. The van der Waals surface area contributed by atoms with Gasteiger partial charge in [0.05, 0.1) is 5.76 Å². The highest BCUT2D eigenvalue weighted by molar-refractivity contribution is 5.73. The molecule has 0 saturated heterocycles. The summed E-state index contributed by atoms with van der Waals surface area (Å²) in [6.07, 6.45) is 5.60. The van der Waals surface area contributed by atoms with Gasteiger partial charge in [0.25, 0.3) is 0 Å². The summed E-state index contributed by atoms with van der Waals surface area (Å²) in [6.45, 7) is 5.40. The number of rotatable bonds is 6. The van der Waals surface area contributed by atoms with E-state index in [1.165, 1.54) is 0 Å². The van der Waals surface area contributed by atoms with E-state index in [9.17, 15) is 4.79 Å². The second-order valence-corrected chi connectivity index (χ2v) is 3.19. The van der Waals surface area contributed by atoms with E-state index in [1.807, 2.05) is 0 Å². The maximum absolute atomic E-state index is 10.4. The normalized spacial score (nSPS) is 14.1. The number of aliphatic hydroxyl groups is 1. The third-order valence-corrected chi connectivity index (χ3v) is 1.81. The number of allylic oxidation sites excluding steroid dienone is 3. The summed E-state index contributed by atoms with van der Waals surface area (Å²) in [6, 6.07) is -0.919. The van der Waals surface area contributed by atoms with Crippen LogP contribution >= 0.6 is 0 Å². The lowest BCUT2D eigenvalue weighted by atomic mass is 10.1. The Morgan fingerprint density at radius 1 is 1.53 bits per heavy atom. The van der Waals surface area contributed by atoms with Gasteiger partial charge in [-0.1, -0.05) is 24.3 Å². The topological polar surface area (TPSA) is 83.5 Å². The number of carboxylic acids is 1. The molecule has 0 saturated carbocycles. The molecule has 0 rings (SSSR count). The van der Waals surface area contributed by atoms with Gasteiger partial charge in [0.15, 0.2) is 0 Å². The van der Waals surface area contributed by atoms with Crippen molar-refractivity contribution in [3.63, 3.8) is 0 Å². The second kappa shape index (κ2) is 6.84. The molecular weight excluding hydrogens is 194 g/mol. The monoisotopic (exact) mass is 211 g/mol. The van der Waals surface area contributed by atoms with Crippen LogP contribution in [0.3, 0.4) is 0 Å². The zero-order valence-electron chi connectivity index (χ0n) is 8.81. The van der Waals surface area contributed by atoms with Crippen molar-refractivity contribution in [1.29, 1.82) is 0 Å². The molecule has 1 unspecified atom stereocenters. The van der Waals surface area contributed by atoms with E-state index in [0.29, 0.717) is 12.0 Å². The zero-order valence-corrected chi connectivity index (χ0v) is 8.81. The standard InChI is InChI=1S/C11H17NO3/c1-3-9(13)6-4-5-8(2)7-10(12)11(14)15/h3-5,10,13H,2,6-7,12H2,1H3,(H,14,15)/b5-4-,9-3+. The van der Waals surface area contributed by atoms with Crippen LogP contribution in [0.15, 0.2) is 36.1 Å². The fourth-order valence-electron chi connectivity index (χ4n) is 0.902. The Morgan fingerprint density at radius 2 is 2.13 bits per heavy atom. The van der Waals surface area contributed by atoms with E-state index >= 15 is 0 Å². The zero-order chi connectivity index (χ0) is 11.8. The van der Waals surface area contributed by atoms with Crippen molar-refractivity contribution in [2.75, 3.05) is 0 Å². The van der Waals surface area contributed by atoms with Gasteiger partial charge in [0.1, 0.15) is 6.04 Å². The molecule has 0 aromatic heterocycles. The quantitative estimate of drug-likeness (QED) is 0.461. The molecule has 0 spiro atoms. The molecule has 0 radical (unpaired) electrons. The van der Waals surface area contributed by atoms with Crippen LogP contribution in [0.1, 0.15) is 19.8 Å². The van der Waals surface area contributed by atoms with Crippen molar-refractivity contribution < 1.29 is 15.0 Å². The van der Waals surface area contributed by atoms with Crippen molar-refractivity contribution in [2.45, 2.75) is 25.8 Å². The Balaban J connectivity index is 3.99. The van der Waals surface area contributed by atoms with Gasteiger partial charge in [-0.25, -0.2) is 0 Å². The van der Waals surface area contributed by atoms with Gasteiger partial charge in [-0.2, -0.15) is 0 Å². The molecule has 0 aliphatic rings. The number of nitrogens with two attached hydrogens (primary N) is 1. The Labute approximate surface area is 89.4 Å². The van der Waals surface area contributed by atoms with Crippen molar-refractivity contribution in [3.05, 3.63) is 36.1 Å². The minimum atomic E-state index is -1.04. The average Bonchev–Trinajstić information content (AvgIpc) is 2.17. The predicted molar refractivity (Wildman–Crippen MR) is 59.5 cm³/mol. The molecule has 0 fully saturated rings. The maximum Gasteiger partial charge on any atom is 0.320 e. The molecule has 1 atom stereocenters. The van der Waals surface area contributed by atoms with Crippen LogP contribution in [-0.2, 0) is 4.79 Å². The molecule has 0 amide bonds. The summed E-state index contributed by atoms with van der Waals surface area (Å²) in [4.78, 5) is 10.4. The highest BCUT2D eigenvalue weighted by Gasteiger charge is 2.10. The molecule has 0 aliphatic heterocycles. The van der Waals surface area contributed by atoms with Crippen molar-refractivity contribution in [2.24, 2.45) is 5.73 Å². The lowest BCUT2D eigenvalue weighted by Gasteiger charge is -2.05. The van der Waals surface area contributed by atoms with Crippen LogP contribution in [0.25, 0.3) is 0 Å². The summed E-state index contributed by atoms with van der Waals surface area (Å²) in [5, 5.41) is 17.6. The fraction of sp³-hybridized carbons (Fsp3) is 0.364. The first-order chi connectivity index (χ1) is 6.97. The van der Waals surface area contributed by atoms with Gasteiger partial charge in [0.2, 0.25) is 0 Å². The predicted octanol–water partition coefficient (Wildman–Crippen LogP) is 1.75. The lowest BCUT2D eigenvalue weighted by molar-refractivity contribution is -0.138. The van der Waals surface area contributed by atoms with Crippen molar-refractivity contribution in [3.8, 4) is 0 Å². The summed E-state index contributed by atoms with van der Waals surface area (Å²) in [5.41, 5.74) is 5.95. The molecule has 4 heteroatoms. The van der Waals surface area contributed by atoms with Crippen LogP contribution in [0.2, 0.25) is 0 Å². The van der Waals surface area contributed by atoms with Gasteiger partial charge >= 0.3 is 5.97 Å². The summed E-state index contributed by atoms with van der Waals surface area (Å²) >= 11 is 0. The van der Waals surface area contributed by atoms with Gasteiger partial charge in [-0.15, -0.1) is 0 Å². The minimum Gasteiger partial charge on any atom is -0.512 e. The van der Waals surface area contributed by atoms with Crippen molar-refractivity contribution >= 4 is 5.97 Å². The third kappa shape index (κ3) is 6.51. The molecular formula is C11H17NO3. The number of carbonyl (C=O) groups is 1. The molecule has 0 aliphatic carbocycles. The smallest absolute Gasteiger partial charge is 0.320 e. The van der Waals surface area contributed by atoms with E-state index < -0.39 is 12.0 Å². The average molecular weight is 211 g/mol. The molecule has 0 aromatic carbocycles. The lowest BCUT2D eigenvalue weighted by Crippen LogP contribution is -2.30. The molecule has 0 bridgehead atoms. The van der Waals surface area contributed by atoms with Crippen LogP contribution in [0.4, 0.5) is 0 Å². The minimum absolute atomic E-state index is 0.211. The molecule has 4 nitrogen and oxygen atoms in total. The second-order valence-electron chi connectivity index (χ2n) is 3.19. The van der Waals surface area contributed by atoms with Crippen LogP contribution < -0.4 is 5.73 Å². The molecule has 84 valence electrons. The summed E-state index contributed by atoms with van der Waals surface area (Å²) in [5.74, 6) is -0.776. The largest absolute Gasteiger partial charge is 0.512 e. The van der Waals surface area contributed by atoms with Gasteiger partial charge < -0.3 is 15.9 Å². The van der Waals surface area contributed by atoms with E-state index in [4.69, 9.17) is 15.9 Å². The van der Waals surface area contributed by atoms with Gasteiger partial charge in [-0.3, -0.25) is 4.79 Å². The SMILES string of the molecule is C=C(/C=C\C/C(O)=C\C)CC(N)C(=O)O. The van der Waals surface area contributed by atoms with E-state index in [2.05, 4.69) is 6.58 Å². The van der Waals surface area contributed by atoms with Gasteiger partial charge in [-0.05, 0) is 19.4 Å². The number of hydrogen-bond acceptors (Lipinski definition) is 3. The van der Waals surface area contributed by atoms with Gasteiger partial charge in [0, 0.05) is 6.42 Å². The Bertz CT molecular complexity index is 292. The first-order valence-corrected chi connectivity index (χ1v) is 4.64. The van der Waals surface area contributed by atoms with Crippen LogP contribution in [0.5, 0.6) is 0 Å². The maximum atomic E-state index is 10.4. The summed E-state index contributed by atoms with van der Waals surface area (Å²) in [7, 11) is 0. The number of hydrogen-bond donors (Lipinski definition) is 3. The van der Waals surface area contributed by atoms with Crippen molar-refractivity contribution in [1.82, 2.24) is 0 Å². The molecule has 15 heavy (non-hydrogen) atoms. The molecule has 4 N–H and O–H groups in total. The van der Waals surface area contributed by atoms with E-state index in [-0.39, 0.29) is 12.2 Å². The number of aliphatic carboxylic acids is 1. The summed E-state index contributed by atoms with van der Waals surface area (Å²) < 4.78 is 0. The Morgan fingerprint density at radius 3 is 2.60 bits per heavy atom. The number of carboxylic acid groups (broad SMARTS) is 1. The van der Waals surface area contributed by atoms with E-state index in [0.717, 1.165) is 0 Å². The van der Waals surface area contributed by atoms with Crippen LogP contribution in [-0.4, -0.2) is 22.2 Å².